The number of carbonyl (C=O) groups is 1. The second-order valence-corrected chi connectivity index (χ2v) is 6.00. The SMILES string of the molecule is Cn1nccc1-c1cncc(CNC(=O)C2COc3ccccc3O2)c1. The molecule has 1 aliphatic heterocycles. The number of pyridine rings is 1. The summed E-state index contributed by atoms with van der Waals surface area (Å²) in [7, 11) is 1.88. The molecule has 2 aromatic heterocycles. The molecule has 26 heavy (non-hydrogen) atoms. The van der Waals surface area contributed by atoms with Crippen molar-refractivity contribution in [3.05, 3.63) is 60.6 Å². The average molecular weight is 350 g/mol. The van der Waals surface area contributed by atoms with Gasteiger partial charge in [0.15, 0.2) is 11.5 Å². The smallest absolute Gasteiger partial charge is 0.264 e. The Morgan fingerprint density at radius 1 is 1.27 bits per heavy atom. The Kier molecular flexibility index (Phi) is 4.27. The molecule has 0 aliphatic carbocycles. The highest BCUT2D eigenvalue weighted by molar-refractivity contribution is 5.81. The maximum atomic E-state index is 12.4. The first kappa shape index (κ1) is 16.1. The van der Waals surface area contributed by atoms with Gasteiger partial charge in [-0.25, -0.2) is 0 Å². The molecule has 1 amide bonds. The zero-order chi connectivity index (χ0) is 17.9. The lowest BCUT2D eigenvalue weighted by molar-refractivity contribution is -0.130. The van der Waals surface area contributed by atoms with Crippen LogP contribution in [-0.2, 0) is 18.4 Å². The van der Waals surface area contributed by atoms with Gasteiger partial charge in [-0.3, -0.25) is 14.5 Å². The van der Waals surface area contributed by atoms with E-state index < -0.39 is 6.10 Å². The fraction of sp³-hybridized carbons (Fsp3) is 0.211. The van der Waals surface area contributed by atoms with Crippen LogP contribution in [0.25, 0.3) is 11.3 Å². The summed E-state index contributed by atoms with van der Waals surface area (Å²) in [6.45, 7) is 0.551. The number of rotatable bonds is 4. The Labute approximate surface area is 150 Å². The van der Waals surface area contributed by atoms with Crippen LogP contribution in [0.1, 0.15) is 5.56 Å². The summed E-state index contributed by atoms with van der Waals surface area (Å²) < 4.78 is 13.1. The van der Waals surface area contributed by atoms with Gasteiger partial charge in [0.25, 0.3) is 5.91 Å². The van der Waals surface area contributed by atoms with Gasteiger partial charge in [0.2, 0.25) is 6.10 Å². The quantitative estimate of drug-likeness (QED) is 0.778. The van der Waals surface area contributed by atoms with Crippen molar-refractivity contribution in [1.29, 1.82) is 0 Å². The first-order valence-electron chi connectivity index (χ1n) is 8.29. The lowest BCUT2D eigenvalue weighted by atomic mass is 10.1. The van der Waals surface area contributed by atoms with Crippen LogP contribution in [0.3, 0.4) is 0 Å². The lowest BCUT2D eigenvalue weighted by Crippen LogP contribution is -2.43. The predicted octanol–water partition coefficient (Wildman–Crippen LogP) is 1.94. The van der Waals surface area contributed by atoms with Gasteiger partial charge in [-0.05, 0) is 29.8 Å². The van der Waals surface area contributed by atoms with Crippen molar-refractivity contribution in [2.45, 2.75) is 12.6 Å². The number of para-hydroxylation sites is 2. The van der Waals surface area contributed by atoms with E-state index in [1.54, 1.807) is 29.3 Å². The largest absolute Gasteiger partial charge is 0.485 e. The van der Waals surface area contributed by atoms with E-state index in [9.17, 15) is 4.79 Å². The molecule has 132 valence electrons. The zero-order valence-electron chi connectivity index (χ0n) is 14.3. The van der Waals surface area contributed by atoms with Crippen LogP contribution in [0.15, 0.2) is 55.0 Å². The third-order valence-electron chi connectivity index (χ3n) is 4.18. The van der Waals surface area contributed by atoms with Crippen LogP contribution >= 0.6 is 0 Å². The molecule has 3 aromatic rings. The number of carbonyl (C=O) groups excluding carboxylic acids is 1. The Balaban J connectivity index is 1.40. The molecule has 7 nitrogen and oxygen atoms in total. The Morgan fingerprint density at radius 2 is 2.12 bits per heavy atom. The molecule has 1 unspecified atom stereocenters. The summed E-state index contributed by atoms with van der Waals surface area (Å²) in [6.07, 6.45) is 4.57. The number of aromatic nitrogens is 3. The van der Waals surface area contributed by atoms with Crippen molar-refractivity contribution >= 4 is 5.91 Å². The maximum absolute atomic E-state index is 12.4. The van der Waals surface area contributed by atoms with Gasteiger partial charge >= 0.3 is 0 Å². The summed E-state index contributed by atoms with van der Waals surface area (Å²) in [4.78, 5) is 16.7. The number of amides is 1. The highest BCUT2D eigenvalue weighted by Gasteiger charge is 2.26. The van der Waals surface area contributed by atoms with Gasteiger partial charge in [-0.2, -0.15) is 5.10 Å². The molecule has 1 aliphatic rings. The van der Waals surface area contributed by atoms with Crippen molar-refractivity contribution in [3.63, 3.8) is 0 Å². The number of nitrogens with one attached hydrogen (secondary N) is 1. The third-order valence-corrected chi connectivity index (χ3v) is 4.18. The highest BCUT2D eigenvalue weighted by atomic mass is 16.6. The molecule has 0 saturated carbocycles. The summed E-state index contributed by atoms with van der Waals surface area (Å²) in [5.41, 5.74) is 2.81. The van der Waals surface area contributed by atoms with E-state index >= 15 is 0 Å². The lowest BCUT2D eigenvalue weighted by Gasteiger charge is -2.25. The number of nitrogens with zero attached hydrogens (tertiary/aromatic N) is 3. The predicted molar refractivity (Wildman–Crippen MR) is 94.6 cm³/mol. The molecule has 4 rings (SSSR count). The van der Waals surface area contributed by atoms with Crippen molar-refractivity contribution in [3.8, 4) is 22.8 Å². The molecule has 7 heteroatoms. The standard InChI is InChI=1S/C19H18N4O3/c1-23-15(6-7-22-23)14-8-13(9-20-11-14)10-21-19(24)18-12-25-16-4-2-3-5-17(16)26-18/h2-9,11,18H,10,12H2,1H3,(H,21,24). The number of aryl methyl sites for hydroxylation is 1. The number of benzene rings is 1. The normalized spacial score (nSPS) is 15.5. The van der Waals surface area contributed by atoms with Crippen molar-refractivity contribution in [2.75, 3.05) is 6.61 Å². The topological polar surface area (TPSA) is 78.3 Å². The van der Waals surface area contributed by atoms with Crippen LogP contribution in [-0.4, -0.2) is 33.4 Å². The van der Waals surface area contributed by atoms with Crippen LogP contribution in [0.5, 0.6) is 11.5 Å². The van der Waals surface area contributed by atoms with Crippen LogP contribution < -0.4 is 14.8 Å². The van der Waals surface area contributed by atoms with Crippen molar-refractivity contribution in [2.24, 2.45) is 7.05 Å². The molecule has 0 radical (unpaired) electrons. The molecule has 1 N–H and O–H groups in total. The second kappa shape index (κ2) is 6.87. The molecule has 0 spiro atoms. The zero-order valence-corrected chi connectivity index (χ0v) is 14.3. The average Bonchev–Trinajstić information content (AvgIpc) is 3.12. The van der Waals surface area contributed by atoms with E-state index in [0.29, 0.717) is 18.0 Å². The van der Waals surface area contributed by atoms with Gasteiger partial charge in [-0.15, -0.1) is 0 Å². The van der Waals surface area contributed by atoms with Crippen LogP contribution in [0.2, 0.25) is 0 Å². The fourth-order valence-corrected chi connectivity index (χ4v) is 2.83. The van der Waals surface area contributed by atoms with Crippen molar-refractivity contribution < 1.29 is 14.3 Å². The number of ether oxygens (including phenoxy) is 2. The van der Waals surface area contributed by atoms with Crippen LogP contribution in [0.4, 0.5) is 0 Å². The van der Waals surface area contributed by atoms with Crippen LogP contribution in [0, 0.1) is 0 Å². The van der Waals surface area contributed by atoms with E-state index in [1.165, 1.54) is 0 Å². The molecule has 3 heterocycles. The van der Waals surface area contributed by atoms with E-state index in [4.69, 9.17) is 9.47 Å². The Hall–Kier alpha value is -3.35. The minimum atomic E-state index is -0.668. The van der Waals surface area contributed by atoms with E-state index in [1.807, 2.05) is 37.4 Å². The van der Waals surface area contributed by atoms with Gasteiger partial charge in [0, 0.05) is 37.7 Å². The van der Waals surface area contributed by atoms with Gasteiger partial charge < -0.3 is 14.8 Å². The summed E-state index contributed by atoms with van der Waals surface area (Å²) in [5, 5.41) is 7.05. The van der Waals surface area contributed by atoms with Gasteiger partial charge in [0.1, 0.15) is 6.61 Å². The Morgan fingerprint density at radius 3 is 2.92 bits per heavy atom. The number of hydrogen-bond acceptors (Lipinski definition) is 5. The molecular formula is C19H18N4O3. The van der Waals surface area contributed by atoms with Gasteiger partial charge in [0.05, 0.1) is 5.69 Å². The van der Waals surface area contributed by atoms with Crippen molar-refractivity contribution in [1.82, 2.24) is 20.1 Å². The summed E-state index contributed by atoms with van der Waals surface area (Å²) in [6, 6.07) is 11.2. The Bertz CT molecular complexity index is 938. The molecule has 1 atom stereocenters. The molecule has 0 saturated heterocycles. The van der Waals surface area contributed by atoms with E-state index in [-0.39, 0.29) is 12.5 Å². The first-order valence-corrected chi connectivity index (χ1v) is 8.29. The highest BCUT2D eigenvalue weighted by Crippen LogP contribution is 2.30. The first-order chi connectivity index (χ1) is 12.7. The maximum Gasteiger partial charge on any atom is 0.264 e. The summed E-state index contributed by atoms with van der Waals surface area (Å²) in [5.74, 6) is 1.02. The molecular weight excluding hydrogens is 332 g/mol. The minimum Gasteiger partial charge on any atom is -0.485 e. The minimum absolute atomic E-state index is 0.191. The third kappa shape index (κ3) is 3.23. The second-order valence-electron chi connectivity index (χ2n) is 6.00. The molecule has 0 bridgehead atoms. The fourth-order valence-electron chi connectivity index (χ4n) is 2.83. The molecule has 1 aromatic carbocycles. The molecule has 0 fully saturated rings. The van der Waals surface area contributed by atoms with E-state index in [0.717, 1.165) is 16.8 Å². The van der Waals surface area contributed by atoms with E-state index in [2.05, 4.69) is 15.4 Å². The number of fused-ring (bicyclic) bond motifs is 1. The number of hydrogen-bond donors (Lipinski definition) is 1. The van der Waals surface area contributed by atoms with Gasteiger partial charge in [-0.1, -0.05) is 12.1 Å². The summed E-state index contributed by atoms with van der Waals surface area (Å²) >= 11 is 0. The monoisotopic (exact) mass is 350 g/mol.